The summed E-state index contributed by atoms with van der Waals surface area (Å²) in [6, 6.07) is 8.91. The van der Waals surface area contributed by atoms with Crippen molar-refractivity contribution in [1.29, 1.82) is 0 Å². The van der Waals surface area contributed by atoms with E-state index in [9.17, 15) is 24.5 Å². The number of carbonyl (C=O) groups is 3. The molecular formula is C21H18N2O8. The minimum absolute atomic E-state index is 0.190. The highest BCUT2D eigenvalue weighted by Gasteiger charge is 2.41. The summed E-state index contributed by atoms with van der Waals surface area (Å²) in [7, 11) is 0. The van der Waals surface area contributed by atoms with Gasteiger partial charge in [-0.25, -0.2) is 4.79 Å². The van der Waals surface area contributed by atoms with Gasteiger partial charge in [0.05, 0.1) is 29.3 Å². The lowest BCUT2D eigenvalue weighted by molar-refractivity contribution is -0.385. The molecule has 1 saturated heterocycles. The zero-order chi connectivity index (χ0) is 22.1. The van der Waals surface area contributed by atoms with Crippen molar-refractivity contribution < 1.29 is 33.5 Å². The van der Waals surface area contributed by atoms with Gasteiger partial charge >= 0.3 is 11.7 Å². The first-order valence-corrected chi connectivity index (χ1v) is 9.58. The van der Waals surface area contributed by atoms with Crippen LogP contribution in [0.5, 0.6) is 5.75 Å². The molecule has 1 atom stereocenters. The number of ether oxygens (including phenoxy) is 3. The van der Waals surface area contributed by atoms with Gasteiger partial charge in [0.1, 0.15) is 6.04 Å². The van der Waals surface area contributed by atoms with Crippen LogP contribution in [0.3, 0.4) is 0 Å². The molecule has 0 saturated carbocycles. The van der Waals surface area contributed by atoms with Gasteiger partial charge < -0.3 is 14.2 Å². The van der Waals surface area contributed by atoms with Gasteiger partial charge in [0.2, 0.25) is 5.75 Å². The van der Waals surface area contributed by atoms with Gasteiger partial charge in [-0.2, -0.15) is 0 Å². The van der Waals surface area contributed by atoms with Crippen LogP contribution in [0.1, 0.15) is 45.9 Å². The Hall–Kier alpha value is -3.63. The number of carbonyl (C=O) groups excluding carboxylic acids is 3. The average molecular weight is 426 g/mol. The lowest BCUT2D eigenvalue weighted by atomic mass is 10.1. The number of benzene rings is 2. The summed E-state index contributed by atoms with van der Waals surface area (Å²) in [4.78, 5) is 49.4. The summed E-state index contributed by atoms with van der Waals surface area (Å²) in [5.41, 5.74) is 0.336. The third-order valence-corrected chi connectivity index (χ3v) is 5.04. The minimum Gasteiger partial charge on any atom is -0.418 e. The smallest absolute Gasteiger partial charge is 0.334 e. The van der Waals surface area contributed by atoms with Crippen molar-refractivity contribution in [3.8, 4) is 5.75 Å². The molecule has 2 amide bonds. The Morgan fingerprint density at radius 1 is 1.13 bits per heavy atom. The number of nitrogens with zero attached hydrogens (tertiary/aromatic N) is 2. The van der Waals surface area contributed by atoms with Gasteiger partial charge in [-0.05, 0) is 37.6 Å². The normalized spacial score (nSPS) is 17.4. The molecule has 0 spiro atoms. The number of fused-ring (bicyclic) bond motifs is 1. The van der Waals surface area contributed by atoms with Crippen LogP contribution in [0.4, 0.5) is 5.69 Å². The third kappa shape index (κ3) is 3.78. The topological polar surface area (TPSA) is 125 Å². The van der Waals surface area contributed by atoms with Crippen molar-refractivity contribution in [1.82, 2.24) is 4.90 Å². The van der Waals surface area contributed by atoms with E-state index in [1.165, 1.54) is 37.3 Å². The van der Waals surface area contributed by atoms with Crippen molar-refractivity contribution in [2.75, 3.05) is 13.2 Å². The first-order valence-electron chi connectivity index (χ1n) is 9.58. The standard InChI is InChI=1S/C21H18N2O8/c1-12(22-18(24)14-5-2-3-6-15(14)19(22)25)20(26)31-17-8-7-13(11-16(17)23(27)28)21-29-9-4-10-30-21/h2-3,5-8,11-12,21H,4,9-10H2,1H3. The fourth-order valence-corrected chi connectivity index (χ4v) is 3.45. The Labute approximate surface area is 176 Å². The van der Waals surface area contributed by atoms with E-state index in [1.807, 2.05) is 0 Å². The fraction of sp³-hybridized carbons (Fsp3) is 0.286. The van der Waals surface area contributed by atoms with E-state index in [-0.39, 0.29) is 16.9 Å². The van der Waals surface area contributed by atoms with E-state index in [0.29, 0.717) is 18.8 Å². The van der Waals surface area contributed by atoms with Gasteiger partial charge in [0.15, 0.2) is 6.29 Å². The number of nitro groups is 1. The highest BCUT2D eigenvalue weighted by atomic mass is 16.7. The summed E-state index contributed by atoms with van der Waals surface area (Å²) in [5, 5.41) is 11.5. The first-order chi connectivity index (χ1) is 14.9. The highest BCUT2D eigenvalue weighted by Crippen LogP contribution is 2.33. The van der Waals surface area contributed by atoms with E-state index in [4.69, 9.17) is 14.2 Å². The second kappa shape index (κ2) is 8.25. The number of hydrogen-bond donors (Lipinski definition) is 0. The molecule has 2 aliphatic heterocycles. The summed E-state index contributed by atoms with van der Waals surface area (Å²) < 4.78 is 16.1. The fourth-order valence-electron chi connectivity index (χ4n) is 3.45. The molecule has 0 aliphatic carbocycles. The molecule has 10 nitrogen and oxygen atoms in total. The molecule has 0 N–H and O–H groups in total. The molecule has 1 fully saturated rings. The van der Waals surface area contributed by atoms with Crippen LogP contribution in [0.15, 0.2) is 42.5 Å². The van der Waals surface area contributed by atoms with E-state index in [2.05, 4.69) is 0 Å². The van der Waals surface area contributed by atoms with E-state index in [0.717, 1.165) is 11.3 Å². The van der Waals surface area contributed by atoms with Crippen molar-refractivity contribution >= 4 is 23.5 Å². The minimum atomic E-state index is -1.28. The van der Waals surface area contributed by atoms with Crippen molar-refractivity contribution in [3.05, 3.63) is 69.3 Å². The maximum atomic E-state index is 12.7. The van der Waals surface area contributed by atoms with E-state index < -0.39 is 40.7 Å². The summed E-state index contributed by atoms with van der Waals surface area (Å²) in [6.45, 7) is 2.26. The summed E-state index contributed by atoms with van der Waals surface area (Å²) in [5.74, 6) is -2.53. The van der Waals surface area contributed by atoms with Crippen LogP contribution in [0.2, 0.25) is 0 Å². The number of hydrogen-bond acceptors (Lipinski definition) is 8. The Bertz CT molecular complexity index is 1040. The molecule has 2 heterocycles. The lowest BCUT2D eigenvalue weighted by Gasteiger charge is -2.23. The maximum Gasteiger partial charge on any atom is 0.334 e. The Kier molecular flexibility index (Phi) is 5.49. The number of esters is 1. The van der Waals surface area contributed by atoms with Gasteiger partial charge in [-0.15, -0.1) is 0 Å². The summed E-state index contributed by atoms with van der Waals surface area (Å²) >= 11 is 0. The van der Waals surface area contributed by atoms with E-state index in [1.54, 1.807) is 12.1 Å². The third-order valence-electron chi connectivity index (χ3n) is 5.04. The van der Waals surface area contributed by atoms with E-state index >= 15 is 0 Å². The largest absolute Gasteiger partial charge is 0.418 e. The van der Waals surface area contributed by atoms with Crippen LogP contribution in [-0.2, 0) is 14.3 Å². The Balaban J connectivity index is 1.55. The molecule has 31 heavy (non-hydrogen) atoms. The predicted molar refractivity (Wildman–Crippen MR) is 104 cm³/mol. The molecule has 0 aromatic heterocycles. The Morgan fingerprint density at radius 2 is 1.74 bits per heavy atom. The highest BCUT2D eigenvalue weighted by molar-refractivity contribution is 6.22. The van der Waals surface area contributed by atoms with Crippen molar-refractivity contribution in [3.63, 3.8) is 0 Å². The molecule has 0 bridgehead atoms. The lowest BCUT2D eigenvalue weighted by Crippen LogP contribution is -2.44. The first kappa shape index (κ1) is 20.6. The SMILES string of the molecule is CC(C(=O)Oc1ccc(C2OCCCO2)cc1[N+](=O)[O-])N1C(=O)c2ccccc2C1=O. The molecule has 2 aromatic carbocycles. The van der Waals surface area contributed by atoms with Gasteiger partial charge in [0.25, 0.3) is 11.8 Å². The van der Waals surface area contributed by atoms with Crippen LogP contribution < -0.4 is 4.74 Å². The van der Waals surface area contributed by atoms with Crippen LogP contribution in [-0.4, -0.2) is 46.9 Å². The maximum absolute atomic E-state index is 12.7. The van der Waals surface area contributed by atoms with Gasteiger partial charge in [0, 0.05) is 11.6 Å². The molecule has 2 aromatic rings. The number of imide groups is 1. The molecule has 1 unspecified atom stereocenters. The zero-order valence-corrected chi connectivity index (χ0v) is 16.5. The molecule has 4 rings (SSSR count). The second-order valence-electron chi connectivity index (χ2n) is 7.03. The monoisotopic (exact) mass is 426 g/mol. The zero-order valence-electron chi connectivity index (χ0n) is 16.5. The average Bonchev–Trinajstić information content (AvgIpc) is 3.04. The van der Waals surface area contributed by atoms with Crippen LogP contribution in [0.25, 0.3) is 0 Å². The van der Waals surface area contributed by atoms with Gasteiger partial charge in [-0.3, -0.25) is 24.6 Å². The number of nitro benzene ring substituents is 1. The molecule has 0 radical (unpaired) electrons. The Morgan fingerprint density at radius 3 is 2.32 bits per heavy atom. The second-order valence-corrected chi connectivity index (χ2v) is 7.03. The van der Waals surface area contributed by atoms with Gasteiger partial charge in [-0.1, -0.05) is 12.1 Å². The number of rotatable bonds is 5. The molecule has 10 heteroatoms. The molecular weight excluding hydrogens is 408 g/mol. The predicted octanol–water partition coefficient (Wildman–Crippen LogP) is 2.62. The van der Waals surface area contributed by atoms with Crippen LogP contribution >= 0.6 is 0 Å². The van der Waals surface area contributed by atoms with Crippen LogP contribution in [0, 0.1) is 10.1 Å². The molecule has 2 aliphatic rings. The quantitative estimate of drug-likeness (QED) is 0.235. The number of amides is 2. The van der Waals surface area contributed by atoms with Crippen molar-refractivity contribution in [2.24, 2.45) is 0 Å². The van der Waals surface area contributed by atoms with Crippen molar-refractivity contribution in [2.45, 2.75) is 25.7 Å². The molecule has 160 valence electrons. The summed E-state index contributed by atoms with van der Waals surface area (Å²) in [6.07, 6.45) is -0.0151.